The third kappa shape index (κ3) is 3.26. The second-order valence-electron chi connectivity index (χ2n) is 6.16. The highest BCUT2D eigenvalue weighted by Gasteiger charge is 2.29. The molecule has 1 aliphatic rings. The first-order chi connectivity index (χ1) is 11.3. The van der Waals surface area contributed by atoms with Gasteiger partial charge >= 0.3 is 0 Å². The molecule has 116 valence electrons. The van der Waals surface area contributed by atoms with Gasteiger partial charge < -0.3 is 10.3 Å². The zero-order chi connectivity index (χ0) is 15.6. The summed E-state index contributed by atoms with van der Waals surface area (Å²) in [4.78, 5) is 19.8. The summed E-state index contributed by atoms with van der Waals surface area (Å²) in [5.74, 6) is 1.33. The molecule has 2 N–H and O–H groups in total. The van der Waals surface area contributed by atoms with Crippen molar-refractivity contribution in [2.45, 2.75) is 25.7 Å². The first-order valence-electron chi connectivity index (χ1n) is 8.11. The fourth-order valence-corrected chi connectivity index (χ4v) is 2.76. The molecule has 4 rings (SSSR count). The Labute approximate surface area is 134 Å². The van der Waals surface area contributed by atoms with Crippen molar-refractivity contribution in [1.29, 1.82) is 0 Å². The molecule has 4 heteroatoms. The van der Waals surface area contributed by atoms with E-state index in [1.807, 2.05) is 24.3 Å². The second-order valence-corrected chi connectivity index (χ2v) is 6.16. The maximum atomic E-state index is 11.8. The summed E-state index contributed by atoms with van der Waals surface area (Å²) < 4.78 is 0. The standard InChI is InChI=1S/C19H19N3O/c23-19(14-7-8-14)20-15-9-10-16-17(12-15)22-18(21-16)11-6-13-4-2-1-3-5-13/h1-5,9-10,12,14H,6-8,11H2,(H,20,23)(H,21,22). The number of nitrogens with one attached hydrogen (secondary N) is 2. The summed E-state index contributed by atoms with van der Waals surface area (Å²) in [5, 5.41) is 2.98. The van der Waals surface area contributed by atoms with Crippen molar-refractivity contribution >= 4 is 22.6 Å². The first-order valence-corrected chi connectivity index (χ1v) is 8.11. The average Bonchev–Trinajstić information content (AvgIpc) is 3.34. The van der Waals surface area contributed by atoms with Gasteiger partial charge in [0.1, 0.15) is 5.82 Å². The number of hydrogen-bond acceptors (Lipinski definition) is 2. The number of hydrogen-bond donors (Lipinski definition) is 2. The minimum Gasteiger partial charge on any atom is -0.342 e. The van der Waals surface area contributed by atoms with Gasteiger partial charge in [-0.25, -0.2) is 4.98 Å². The number of amides is 1. The molecule has 23 heavy (non-hydrogen) atoms. The lowest BCUT2D eigenvalue weighted by atomic mass is 10.1. The van der Waals surface area contributed by atoms with Crippen molar-refractivity contribution in [3.05, 3.63) is 59.9 Å². The predicted octanol–water partition coefficient (Wildman–Crippen LogP) is 3.70. The molecule has 1 saturated carbocycles. The maximum absolute atomic E-state index is 11.8. The Morgan fingerprint density at radius 3 is 2.74 bits per heavy atom. The highest BCUT2D eigenvalue weighted by Crippen LogP contribution is 2.30. The van der Waals surface area contributed by atoms with Crippen LogP contribution < -0.4 is 5.32 Å². The van der Waals surface area contributed by atoms with Crippen molar-refractivity contribution in [2.75, 3.05) is 5.32 Å². The van der Waals surface area contributed by atoms with E-state index in [-0.39, 0.29) is 11.8 Å². The number of carbonyl (C=O) groups is 1. The molecule has 1 heterocycles. The van der Waals surface area contributed by atoms with E-state index in [9.17, 15) is 4.79 Å². The van der Waals surface area contributed by atoms with E-state index in [0.29, 0.717) is 0 Å². The SMILES string of the molecule is O=C(Nc1ccc2nc(CCc3ccccc3)[nH]c2c1)C1CC1. The summed E-state index contributed by atoms with van der Waals surface area (Å²) in [5.41, 5.74) is 4.07. The molecule has 0 bridgehead atoms. The number of aryl methyl sites for hydroxylation is 2. The fourth-order valence-electron chi connectivity index (χ4n) is 2.76. The number of rotatable bonds is 5. The number of aromatic nitrogens is 2. The van der Waals surface area contributed by atoms with Crippen LogP contribution in [0, 0.1) is 5.92 Å². The van der Waals surface area contributed by atoms with Gasteiger partial charge in [0.2, 0.25) is 5.91 Å². The lowest BCUT2D eigenvalue weighted by molar-refractivity contribution is -0.117. The van der Waals surface area contributed by atoms with Crippen LogP contribution in [-0.4, -0.2) is 15.9 Å². The van der Waals surface area contributed by atoms with E-state index >= 15 is 0 Å². The van der Waals surface area contributed by atoms with Gasteiger partial charge in [-0.2, -0.15) is 0 Å². The number of aromatic amines is 1. The normalized spacial score (nSPS) is 14.1. The van der Waals surface area contributed by atoms with Crippen molar-refractivity contribution in [3.8, 4) is 0 Å². The average molecular weight is 305 g/mol. The van der Waals surface area contributed by atoms with Crippen LogP contribution in [0.5, 0.6) is 0 Å². The quantitative estimate of drug-likeness (QED) is 0.755. The van der Waals surface area contributed by atoms with Gasteiger partial charge in [-0.3, -0.25) is 4.79 Å². The van der Waals surface area contributed by atoms with E-state index in [4.69, 9.17) is 0 Å². The minimum absolute atomic E-state index is 0.133. The Bertz CT molecular complexity index is 834. The van der Waals surface area contributed by atoms with Gasteiger partial charge in [0.15, 0.2) is 0 Å². The molecule has 1 aliphatic carbocycles. The van der Waals surface area contributed by atoms with Gasteiger partial charge in [0.05, 0.1) is 11.0 Å². The minimum atomic E-state index is 0.133. The second kappa shape index (κ2) is 5.88. The van der Waals surface area contributed by atoms with Crippen molar-refractivity contribution in [2.24, 2.45) is 5.92 Å². The highest BCUT2D eigenvalue weighted by atomic mass is 16.2. The van der Waals surface area contributed by atoms with Crippen LogP contribution in [0.15, 0.2) is 48.5 Å². The molecule has 3 aromatic rings. The molecule has 0 aliphatic heterocycles. The van der Waals surface area contributed by atoms with Crippen LogP contribution in [0.25, 0.3) is 11.0 Å². The van der Waals surface area contributed by atoms with E-state index < -0.39 is 0 Å². The van der Waals surface area contributed by atoms with Gasteiger partial charge in [-0.1, -0.05) is 30.3 Å². The monoisotopic (exact) mass is 305 g/mol. The third-order valence-corrected chi connectivity index (χ3v) is 4.24. The number of benzene rings is 2. The smallest absolute Gasteiger partial charge is 0.227 e. The van der Waals surface area contributed by atoms with Crippen LogP contribution >= 0.6 is 0 Å². The molecule has 0 spiro atoms. The van der Waals surface area contributed by atoms with Gasteiger partial charge in [-0.15, -0.1) is 0 Å². The third-order valence-electron chi connectivity index (χ3n) is 4.24. The Morgan fingerprint density at radius 1 is 1.13 bits per heavy atom. The topological polar surface area (TPSA) is 57.8 Å². The molecule has 1 amide bonds. The lowest BCUT2D eigenvalue weighted by Gasteiger charge is -2.03. The van der Waals surface area contributed by atoms with E-state index in [0.717, 1.165) is 48.2 Å². The Hall–Kier alpha value is -2.62. The lowest BCUT2D eigenvalue weighted by Crippen LogP contribution is -2.12. The molecular weight excluding hydrogens is 286 g/mol. The Morgan fingerprint density at radius 2 is 1.96 bits per heavy atom. The summed E-state index contributed by atoms with van der Waals surface area (Å²) in [6.45, 7) is 0. The number of fused-ring (bicyclic) bond motifs is 1. The zero-order valence-corrected chi connectivity index (χ0v) is 12.9. The van der Waals surface area contributed by atoms with Crippen LogP contribution in [0.2, 0.25) is 0 Å². The van der Waals surface area contributed by atoms with Crippen LogP contribution in [0.3, 0.4) is 0 Å². The molecule has 0 unspecified atom stereocenters. The molecule has 1 fully saturated rings. The van der Waals surface area contributed by atoms with Gasteiger partial charge in [0.25, 0.3) is 0 Å². The van der Waals surface area contributed by atoms with E-state index in [2.05, 4.69) is 39.6 Å². The highest BCUT2D eigenvalue weighted by molar-refractivity contribution is 5.95. The van der Waals surface area contributed by atoms with Crippen molar-refractivity contribution in [3.63, 3.8) is 0 Å². The van der Waals surface area contributed by atoms with Crippen LogP contribution in [0.1, 0.15) is 24.2 Å². The molecule has 2 aromatic carbocycles. The number of anilines is 1. The molecule has 0 radical (unpaired) electrons. The van der Waals surface area contributed by atoms with Crippen molar-refractivity contribution in [1.82, 2.24) is 9.97 Å². The summed E-state index contributed by atoms with van der Waals surface area (Å²) >= 11 is 0. The Balaban J connectivity index is 1.47. The number of H-pyrrole nitrogens is 1. The predicted molar refractivity (Wildman–Crippen MR) is 91.3 cm³/mol. The van der Waals surface area contributed by atoms with Crippen LogP contribution in [0.4, 0.5) is 5.69 Å². The summed E-state index contributed by atoms with van der Waals surface area (Å²) in [7, 11) is 0. The molecule has 4 nitrogen and oxygen atoms in total. The summed E-state index contributed by atoms with van der Waals surface area (Å²) in [6, 6.07) is 16.3. The molecular formula is C19H19N3O. The van der Waals surface area contributed by atoms with Gasteiger partial charge in [-0.05, 0) is 43.0 Å². The molecule has 0 saturated heterocycles. The first kappa shape index (κ1) is 14.0. The number of carbonyl (C=O) groups excluding carboxylic acids is 1. The largest absolute Gasteiger partial charge is 0.342 e. The Kier molecular flexibility index (Phi) is 3.58. The van der Waals surface area contributed by atoms with E-state index in [1.165, 1.54) is 5.56 Å². The van der Waals surface area contributed by atoms with Crippen molar-refractivity contribution < 1.29 is 4.79 Å². The number of nitrogens with zero attached hydrogens (tertiary/aromatic N) is 1. The summed E-state index contributed by atoms with van der Waals surface area (Å²) in [6.07, 6.45) is 3.87. The van der Waals surface area contributed by atoms with Crippen LogP contribution in [-0.2, 0) is 17.6 Å². The maximum Gasteiger partial charge on any atom is 0.227 e. The molecule has 0 atom stereocenters. The molecule has 1 aromatic heterocycles. The van der Waals surface area contributed by atoms with E-state index in [1.54, 1.807) is 0 Å². The van der Waals surface area contributed by atoms with Gasteiger partial charge in [0, 0.05) is 18.0 Å². The number of imidazole rings is 1. The fraction of sp³-hybridized carbons (Fsp3) is 0.263. The zero-order valence-electron chi connectivity index (χ0n) is 12.9.